The number of halogens is 1. The Labute approximate surface area is 152 Å². The topological polar surface area (TPSA) is 78.5 Å². The van der Waals surface area contributed by atoms with Crippen LogP contribution in [0.1, 0.15) is 53.1 Å². The van der Waals surface area contributed by atoms with E-state index in [0.717, 1.165) is 37.1 Å². The number of carbonyl (C=O) groups excluding carboxylic acids is 3. The van der Waals surface area contributed by atoms with Crippen molar-refractivity contribution in [3.05, 3.63) is 34.9 Å². The maximum absolute atomic E-state index is 12.8. The molecule has 1 aromatic carbocycles. The van der Waals surface area contributed by atoms with Crippen molar-refractivity contribution in [3.63, 3.8) is 0 Å². The summed E-state index contributed by atoms with van der Waals surface area (Å²) in [5, 5.41) is 5.72. The average molecular weight is 364 g/mol. The van der Waals surface area contributed by atoms with Crippen molar-refractivity contribution in [3.8, 4) is 0 Å². The fourth-order valence-corrected chi connectivity index (χ4v) is 4.13. The van der Waals surface area contributed by atoms with Gasteiger partial charge in [0.15, 0.2) is 0 Å². The van der Waals surface area contributed by atoms with E-state index in [4.69, 9.17) is 0 Å². The van der Waals surface area contributed by atoms with E-state index in [-0.39, 0.29) is 36.5 Å². The second kappa shape index (κ2) is 7.14. The standard InChI is InChI=1S/C18H21N3O3.ClH/c22-16-5-4-15(17(23)20-16)21-10-14-12(11-6-8-19-9-7-11)2-1-3-13(14)18(21)24;/h1-3,11,15,19H,4-10H2,(H,20,22,23);1H. The van der Waals surface area contributed by atoms with E-state index in [9.17, 15) is 14.4 Å². The number of hydrogen-bond acceptors (Lipinski definition) is 4. The summed E-state index contributed by atoms with van der Waals surface area (Å²) >= 11 is 0. The van der Waals surface area contributed by atoms with Crippen LogP contribution in [0, 0.1) is 0 Å². The van der Waals surface area contributed by atoms with E-state index in [0.29, 0.717) is 18.9 Å². The number of rotatable bonds is 2. The average Bonchev–Trinajstić information content (AvgIpc) is 2.93. The van der Waals surface area contributed by atoms with Gasteiger partial charge in [-0.1, -0.05) is 12.1 Å². The molecule has 1 aromatic rings. The molecule has 2 N–H and O–H groups in total. The Balaban J connectivity index is 0.00000182. The van der Waals surface area contributed by atoms with Crippen LogP contribution in [0.2, 0.25) is 0 Å². The quantitative estimate of drug-likeness (QED) is 0.777. The highest BCUT2D eigenvalue weighted by molar-refractivity contribution is 6.05. The van der Waals surface area contributed by atoms with E-state index in [1.165, 1.54) is 5.56 Å². The predicted molar refractivity (Wildman–Crippen MR) is 94.6 cm³/mol. The number of fused-ring (bicyclic) bond motifs is 1. The number of imide groups is 1. The van der Waals surface area contributed by atoms with Crippen molar-refractivity contribution in [1.29, 1.82) is 0 Å². The molecule has 0 bridgehead atoms. The third-order valence-electron chi connectivity index (χ3n) is 5.40. The van der Waals surface area contributed by atoms with Crippen LogP contribution in [0.25, 0.3) is 0 Å². The van der Waals surface area contributed by atoms with E-state index >= 15 is 0 Å². The third kappa shape index (κ3) is 3.16. The minimum Gasteiger partial charge on any atom is -0.322 e. The first-order valence-corrected chi connectivity index (χ1v) is 8.62. The zero-order valence-electron chi connectivity index (χ0n) is 13.9. The van der Waals surface area contributed by atoms with Gasteiger partial charge in [-0.05, 0) is 55.5 Å². The number of amides is 3. The van der Waals surface area contributed by atoms with Crippen LogP contribution in [-0.4, -0.2) is 41.8 Å². The summed E-state index contributed by atoms with van der Waals surface area (Å²) in [7, 11) is 0. The maximum atomic E-state index is 12.8. The van der Waals surface area contributed by atoms with Crippen LogP contribution in [-0.2, 0) is 16.1 Å². The van der Waals surface area contributed by atoms with Crippen LogP contribution in [0.15, 0.2) is 18.2 Å². The van der Waals surface area contributed by atoms with E-state index in [1.807, 2.05) is 12.1 Å². The van der Waals surface area contributed by atoms with Crippen molar-refractivity contribution in [2.24, 2.45) is 0 Å². The lowest BCUT2D eigenvalue weighted by atomic mass is 9.86. The summed E-state index contributed by atoms with van der Waals surface area (Å²) in [5.74, 6) is -0.224. The molecule has 3 aliphatic heterocycles. The number of benzene rings is 1. The minimum absolute atomic E-state index is 0. The van der Waals surface area contributed by atoms with Gasteiger partial charge in [0.2, 0.25) is 11.8 Å². The molecule has 3 heterocycles. The molecule has 4 rings (SSSR count). The Morgan fingerprint density at radius 1 is 1.04 bits per heavy atom. The molecule has 0 aliphatic carbocycles. The summed E-state index contributed by atoms with van der Waals surface area (Å²) < 4.78 is 0. The molecule has 2 fully saturated rings. The summed E-state index contributed by atoms with van der Waals surface area (Å²) in [6, 6.07) is 5.38. The van der Waals surface area contributed by atoms with Crippen molar-refractivity contribution < 1.29 is 14.4 Å². The molecule has 0 saturated carbocycles. The second-order valence-electron chi connectivity index (χ2n) is 6.80. The third-order valence-corrected chi connectivity index (χ3v) is 5.40. The number of piperidine rings is 2. The van der Waals surface area contributed by atoms with Gasteiger partial charge in [0, 0.05) is 18.5 Å². The van der Waals surface area contributed by atoms with Crippen LogP contribution in [0.5, 0.6) is 0 Å². The number of hydrogen-bond donors (Lipinski definition) is 2. The van der Waals surface area contributed by atoms with Crippen molar-refractivity contribution in [1.82, 2.24) is 15.5 Å². The first-order valence-electron chi connectivity index (χ1n) is 8.62. The summed E-state index contributed by atoms with van der Waals surface area (Å²) in [4.78, 5) is 37.9. The first-order chi connectivity index (χ1) is 11.6. The van der Waals surface area contributed by atoms with Crippen LogP contribution >= 0.6 is 12.4 Å². The molecular weight excluding hydrogens is 342 g/mol. The van der Waals surface area contributed by atoms with E-state index < -0.39 is 6.04 Å². The molecule has 0 spiro atoms. The maximum Gasteiger partial charge on any atom is 0.255 e. The molecule has 1 atom stereocenters. The smallest absolute Gasteiger partial charge is 0.255 e. The Bertz CT molecular complexity index is 716. The number of nitrogens with zero attached hydrogens (tertiary/aromatic N) is 1. The van der Waals surface area contributed by atoms with Gasteiger partial charge in [-0.15, -0.1) is 12.4 Å². The molecule has 0 radical (unpaired) electrons. The van der Waals surface area contributed by atoms with Crippen molar-refractivity contribution >= 4 is 30.1 Å². The molecule has 3 amide bonds. The fraction of sp³-hybridized carbons (Fsp3) is 0.500. The molecule has 1 unspecified atom stereocenters. The fourth-order valence-electron chi connectivity index (χ4n) is 4.13. The molecule has 0 aromatic heterocycles. The molecule has 134 valence electrons. The minimum atomic E-state index is -0.538. The van der Waals surface area contributed by atoms with Crippen molar-refractivity contribution in [2.75, 3.05) is 13.1 Å². The summed E-state index contributed by atoms with van der Waals surface area (Å²) in [6.45, 7) is 2.47. The molecule has 2 saturated heterocycles. The largest absolute Gasteiger partial charge is 0.322 e. The van der Waals surface area contributed by atoms with Gasteiger partial charge >= 0.3 is 0 Å². The van der Waals surface area contributed by atoms with E-state index in [2.05, 4.69) is 16.7 Å². The van der Waals surface area contributed by atoms with Gasteiger partial charge in [-0.25, -0.2) is 0 Å². The van der Waals surface area contributed by atoms with Gasteiger partial charge in [0.1, 0.15) is 6.04 Å². The summed E-state index contributed by atoms with van der Waals surface area (Å²) in [5.41, 5.74) is 3.03. The van der Waals surface area contributed by atoms with Gasteiger partial charge in [-0.3, -0.25) is 19.7 Å². The molecule has 7 heteroatoms. The second-order valence-corrected chi connectivity index (χ2v) is 6.80. The number of carbonyl (C=O) groups is 3. The SMILES string of the molecule is Cl.O=C1CCC(N2Cc3c(cccc3C3CCNCC3)C2=O)C(=O)N1. The molecule has 6 nitrogen and oxygen atoms in total. The number of nitrogens with one attached hydrogen (secondary N) is 2. The zero-order valence-corrected chi connectivity index (χ0v) is 14.7. The van der Waals surface area contributed by atoms with Gasteiger partial charge in [0.25, 0.3) is 5.91 Å². The normalized spacial score (nSPS) is 23.9. The highest BCUT2D eigenvalue weighted by atomic mass is 35.5. The highest BCUT2D eigenvalue weighted by Gasteiger charge is 2.40. The Hall–Kier alpha value is -1.92. The molecular formula is C18H22ClN3O3. The monoisotopic (exact) mass is 363 g/mol. The Morgan fingerprint density at radius 3 is 2.52 bits per heavy atom. The predicted octanol–water partition coefficient (Wildman–Crippen LogP) is 1.34. The zero-order chi connectivity index (χ0) is 16.7. The van der Waals surface area contributed by atoms with Gasteiger partial charge in [0.05, 0.1) is 0 Å². The summed E-state index contributed by atoms with van der Waals surface area (Å²) in [6.07, 6.45) is 2.84. The lowest BCUT2D eigenvalue weighted by Gasteiger charge is -2.29. The Morgan fingerprint density at radius 2 is 1.80 bits per heavy atom. The lowest BCUT2D eigenvalue weighted by molar-refractivity contribution is -0.136. The Kier molecular flexibility index (Phi) is 5.11. The van der Waals surface area contributed by atoms with Crippen LogP contribution in [0.4, 0.5) is 0 Å². The highest BCUT2D eigenvalue weighted by Crippen LogP contribution is 2.35. The van der Waals surface area contributed by atoms with E-state index in [1.54, 1.807) is 4.90 Å². The van der Waals surface area contributed by atoms with Crippen LogP contribution < -0.4 is 10.6 Å². The van der Waals surface area contributed by atoms with Crippen LogP contribution in [0.3, 0.4) is 0 Å². The first kappa shape index (κ1) is 17.9. The van der Waals surface area contributed by atoms with Crippen molar-refractivity contribution in [2.45, 2.75) is 44.2 Å². The molecule has 3 aliphatic rings. The van der Waals surface area contributed by atoms with Gasteiger partial charge in [-0.2, -0.15) is 0 Å². The van der Waals surface area contributed by atoms with Gasteiger partial charge < -0.3 is 10.2 Å². The molecule has 25 heavy (non-hydrogen) atoms. The lowest BCUT2D eigenvalue weighted by Crippen LogP contribution is -2.52.